The average Bonchev–Trinajstić information content (AvgIpc) is 2.78. The van der Waals surface area contributed by atoms with E-state index in [1.165, 1.54) is 22.6 Å². The lowest BCUT2D eigenvalue weighted by Crippen LogP contribution is -2.35. The maximum Gasteiger partial charge on any atom is 0.0179 e. The van der Waals surface area contributed by atoms with E-state index in [2.05, 4.69) is 43.1 Å². The predicted octanol–water partition coefficient (Wildman–Crippen LogP) is 3.82. The molecule has 0 spiro atoms. The van der Waals surface area contributed by atoms with Crippen molar-refractivity contribution in [3.63, 3.8) is 0 Å². The third-order valence-corrected chi connectivity index (χ3v) is 4.51. The van der Waals surface area contributed by atoms with Crippen LogP contribution in [0.3, 0.4) is 0 Å². The molecule has 0 radical (unpaired) electrons. The lowest BCUT2D eigenvalue weighted by molar-refractivity contribution is 0.458. The Morgan fingerprint density at radius 1 is 1.53 bits per heavy atom. The molecule has 1 aromatic rings. The van der Waals surface area contributed by atoms with E-state index in [9.17, 15) is 0 Å². The number of hydrogen-bond acceptors (Lipinski definition) is 2. The van der Waals surface area contributed by atoms with Gasteiger partial charge in [0.1, 0.15) is 0 Å². The standard InChI is InChI=1S/C15H21NS/c1-3-7-14(16-10-4-2)13-11-17-15-9-6-5-8-12(13)15/h3,5-6,8-9,13-14,16H,1,4,7,10-11H2,2H3. The van der Waals surface area contributed by atoms with Crippen molar-refractivity contribution >= 4 is 11.8 Å². The van der Waals surface area contributed by atoms with Crippen LogP contribution in [0.5, 0.6) is 0 Å². The Labute approximate surface area is 109 Å². The molecule has 0 aromatic heterocycles. The Morgan fingerprint density at radius 2 is 2.35 bits per heavy atom. The van der Waals surface area contributed by atoms with Gasteiger partial charge in [-0.2, -0.15) is 0 Å². The minimum Gasteiger partial charge on any atom is -0.313 e. The molecule has 0 bridgehead atoms. The van der Waals surface area contributed by atoms with Gasteiger partial charge in [-0.3, -0.25) is 0 Å². The summed E-state index contributed by atoms with van der Waals surface area (Å²) in [6.07, 6.45) is 4.29. The molecule has 0 amide bonds. The summed E-state index contributed by atoms with van der Waals surface area (Å²) in [4.78, 5) is 1.46. The number of benzene rings is 1. The fraction of sp³-hybridized carbons (Fsp3) is 0.467. The van der Waals surface area contributed by atoms with Gasteiger partial charge in [-0.25, -0.2) is 0 Å². The second kappa shape index (κ2) is 6.27. The van der Waals surface area contributed by atoms with Crippen molar-refractivity contribution in [3.8, 4) is 0 Å². The molecule has 2 rings (SSSR count). The summed E-state index contributed by atoms with van der Waals surface area (Å²) >= 11 is 1.99. The van der Waals surface area contributed by atoms with Crippen LogP contribution in [-0.2, 0) is 0 Å². The molecule has 92 valence electrons. The number of nitrogens with one attached hydrogen (secondary N) is 1. The van der Waals surface area contributed by atoms with E-state index in [1.54, 1.807) is 0 Å². The van der Waals surface area contributed by atoms with Gasteiger partial charge >= 0.3 is 0 Å². The molecule has 0 saturated carbocycles. The molecule has 1 heterocycles. The lowest BCUT2D eigenvalue weighted by Gasteiger charge is -2.24. The largest absolute Gasteiger partial charge is 0.313 e. The summed E-state index contributed by atoms with van der Waals surface area (Å²) in [5.41, 5.74) is 1.52. The summed E-state index contributed by atoms with van der Waals surface area (Å²) in [5, 5.41) is 3.67. The van der Waals surface area contributed by atoms with Crippen LogP contribution in [0, 0.1) is 0 Å². The van der Waals surface area contributed by atoms with Crippen LogP contribution < -0.4 is 5.32 Å². The van der Waals surface area contributed by atoms with E-state index >= 15 is 0 Å². The van der Waals surface area contributed by atoms with E-state index in [1.807, 2.05) is 17.8 Å². The first-order valence-electron chi connectivity index (χ1n) is 6.42. The monoisotopic (exact) mass is 247 g/mol. The highest BCUT2D eigenvalue weighted by Gasteiger charge is 2.28. The zero-order chi connectivity index (χ0) is 12.1. The molecule has 1 nitrogen and oxygen atoms in total. The van der Waals surface area contributed by atoms with Crippen LogP contribution in [0.25, 0.3) is 0 Å². The molecule has 2 unspecified atom stereocenters. The Morgan fingerprint density at radius 3 is 3.12 bits per heavy atom. The molecule has 0 aliphatic carbocycles. The second-order valence-electron chi connectivity index (χ2n) is 4.54. The van der Waals surface area contributed by atoms with E-state index in [0.29, 0.717) is 12.0 Å². The van der Waals surface area contributed by atoms with Crippen molar-refractivity contribution in [3.05, 3.63) is 42.5 Å². The number of thioether (sulfide) groups is 1. The second-order valence-corrected chi connectivity index (χ2v) is 5.60. The minimum absolute atomic E-state index is 0.545. The Hall–Kier alpha value is -0.730. The maximum atomic E-state index is 3.89. The van der Waals surface area contributed by atoms with Crippen LogP contribution in [-0.4, -0.2) is 18.3 Å². The molecule has 17 heavy (non-hydrogen) atoms. The summed E-state index contributed by atoms with van der Waals surface area (Å²) < 4.78 is 0. The smallest absolute Gasteiger partial charge is 0.0179 e. The van der Waals surface area contributed by atoms with E-state index < -0.39 is 0 Å². The van der Waals surface area contributed by atoms with Crippen molar-refractivity contribution in [1.82, 2.24) is 5.32 Å². The first-order chi connectivity index (χ1) is 8.36. The predicted molar refractivity (Wildman–Crippen MR) is 76.8 cm³/mol. The first kappa shape index (κ1) is 12.7. The fourth-order valence-electron chi connectivity index (χ4n) is 2.42. The van der Waals surface area contributed by atoms with Gasteiger partial charge in [0, 0.05) is 22.6 Å². The highest BCUT2D eigenvalue weighted by molar-refractivity contribution is 7.99. The van der Waals surface area contributed by atoms with Gasteiger partial charge in [-0.1, -0.05) is 31.2 Å². The van der Waals surface area contributed by atoms with Crippen molar-refractivity contribution in [2.75, 3.05) is 12.3 Å². The zero-order valence-electron chi connectivity index (χ0n) is 10.5. The number of rotatable bonds is 6. The zero-order valence-corrected chi connectivity index (χ0v) is 11.3. The van der Waals surface area contributed by atoms with Crippen LogP contribution in [0.4, 0.5) is 0 Å². The number of hydrogen-bond donors (Lipinski definition) is 1. The molecule has 1 N–H and O–H groups in total. The van der Waals surface area contributed by atoms with Gasteiger partial charge < -0.3 is 5.32 Å². The topological polar surface area (TPSA) is 12.0 Å². The van der Waals surface area contributed by atoms with Gasteiger partial charge in [0.05, 0.1) is 0 Å². The van der Waals surface area contributed by atoms with Crippen molar-refractivity contribution in [2.24, 2.45) is 0 Å². The molecule has 0 fully saturated rings. The van der Waals surface area contributed by atoms with E-state index in [0.717, 1.165) is 13.0 Å². The highest BCUT2D eigenvalue weighted by Crippen LogP contribution is 2.41. The SMILES string of the molecule is C=CCC(NCCC)C1CSc2ccccc21. The van der Waals surface area contributed by atoms with Gasteiger partial charge in [-0.15, -0.1) is 18.3 Å². The quantitative estimate of drug-likeness (QED) is 0.767. The fourth-order valence-corrected chi connectivity index (χ4v) is 3.75. The highest BCUT2D eigenvalue weighted by atomic mass is 32.2. The summed E-state index contributed by atoms with van der Waals surface area (Å²) in [6, 6.07) is 9.36. The molecule has 1 aromatic carbocycles. The number of fused-ring (bicyclic) bond motifs is 1. The first-order valence-corrected chi connectivity index (χ1v) is 7.41. The maximum absolute atomic E-state index is 3.89. The lowest BCUT2D eigenvalue weighted by atomic mass is 9.91. The Kier molecular flexibility index (Phi) is 4.69. The van der Waals surface area contributed by atoms with Gasteiger partial charge in [0.25, 0.3) is 0 Å². The summed E-state index contributed by atoms with van der Waals surface area (Å²) in [7, 11) is 0. The summed E-state index contributed by atoms with van der Waals surface area (Å²) in [6.45, 7) is 7.21. The van der Waals surface area contributed by atoms with Crippen LogP contribution in [0.1, 0.15) is 31.2 Å². The normalized spacial score (nSPS) is 19.9. The van der Waals surface area contributed by atoms with Crippen LogP contribution in [0.2, 0.25) is 0 Å². The van der Waals surface area contributed by atoms with E-state index in [4.69, 9.17) is 0 Å². The third-order valence-electron chi connectivity index (χ3n) is 3.30. The Balaban J connectivity index is 2.12. The van der Waals surface area contributed by atoms with Gasteiger partial charge in [0.2, 0.25) is 0 Å². The summed E-state index contributed by atoms with van der Waals surface area (Å²) in [5.74, 6) is 1.84. The average molecular weight is 247 g/mol. The molecular weight excluding hydrogens is 226 g/mol. The molecule has 1 aliphatic rings. The molecule has 2 heteroatoms. The molecule has 1 aliphatic heterocycles. The van der Waals surface area contributed by atoms with Gasteiger partial charge in [0.15, 0.2) is 0 Å². The van der Waals surface area contributed by atoms with Crippen molar-refractivity contribution < 1.29 is 0 Å². The molecule has 0 saturated heterocycles. The van der Waals surface area contributed by atoms with Crippen LogP contribution >= 0.6 is 11.8 Å². The molecular formula is C15H21NS. The third kappa shape index (κ3) is 2.93. The Bertz CT molecular complexity index is 375. The van der Waals surface area contributed by atoms with E-state index in [-0.39, 0.29) is 0 Å². The van der Waals surface area contributed by atoms with Gasteiger partial charge in [-0.05, 0) is 31.0 Å². The van der Waals surface area contributed by atoms with Crippen LogP contribution in [0.15, 0.2) is 41.8 Å². The minimum atomic E-state index is 0.545. The molecule has 2 atom stereocenters. The van der Waals surface area contributed by atoms with Crippen molar-refractivity contribution in [2.45, 2.75) is 36.6 Å². The van der Waals surface area contributed by atoms with Crippen molar-refractivity contribution in [1.29, 1.82) is 0 Å².